The van der Waals surface area contributed by atoms with Crippen LogP contribution in [0.3, 0.4) is 0 Å². The average molecular weight is 297 g/mol. The molecule has 2 amide bonds. The van der Waals surface area contributed by atoms with Crippen LogP contribution in [0.4, 0.5) is 5.69 Å². The molecule has 0 saturated heterocycles. The van der Waals surface area contributed by atoms with Crippen molar-refractivity contribution in [2.24, 2.45) is 0 Å². The van der Waals surface area contributed by atoms with Gasteiger partial charge < -0.3 is 10.6 Å². The van der Waals surface area contributed by atoms with Gasteiger partial charge >= 0.3 is 0 Å². The highest BCUT2D eigenvalue weighted by Crippen LogP contribution is 2.18. The molecule has 0 aliphatic carbocycles. The number of rotatable bonds is 4. The second-order valence-corrected chi connectivity index (χ2v) is 5.15. The van der Waals surface area contributed by atoms with Gasteiger partial charge in [0, 0.05) is 24.4 Å². The van der Waals surface area contributed by atoms with Crippen molar-refractivity contribution in [1.29, 1.82) is 0 Å². The number of nitrogens with one attached hydrogen (secondary N) is 2. The van der Waals surface area contributed by atoms with Gasteiger partial charge in [0.15, 0.2) is 0 Å². The van der Waals surface area contributed by atoms with Crippen molar-refractivity contribution >= 4 is 17.5 Å². The maximum Gasteiger partial charge on any atom is 0.255 e. The van der Waals surface area contributed by atoms with E-state index in [4.69, 9.17) is 0 Å². The first-order valence-electron chi connectivity index (χ1n) is 7.04. The van der Waals surface area contributed by atoms with Crippen molar-refractivity contribution < 1.29 is 9.59 Å². The van der Waals surface area contributed by atoms with Crippen LogP contribution in [0, 0.1) is 13.8 Å². The number of anilines is 1. The SMILES string of the molecule is CC(=O)NCc1cc(C(=O)Nc2cccc(C)c2C)ccn1. The van der Waals surface area contributed by atoms with Crippen LogP contribution in [-0.4, -0.2) is 16.8 Å². The summed E-state index contributed by atoms with van der Waals surface area (Å²) < 4.78 is 0. The lowest BCUT2D eigenvalue weighted by Gasteiger charge is -2.11. The van der Waals surface area contributed by atoms with E-state index in [2.05, 4.69) is 15.6 Å². The second kappa shape index (κ2) is 6.85. The van der Waals surface area contributed by atoms with Crippen molar-refractivity contribution in [2.75, 3.05) is 5.32 Å². The molecule has 1 heterocycles. The van der Waals surface area contributed by atoms with E-state index >= 15 is 0 Å². The number of hydrogen-bond acceptors (Lipinski definition) is 3. The number of pyridine rings is 1. The Morgan fingerprint density at radius 3 is 2.68 bits per heavy atom. The smallest absolute Gasteiger partial charge is 0.255 e. The van der Waals surface area contributed by atoms with E-state index in [9.17, 15) is 9.59 Å². The van der Waals surface area contributed by atoms with Crippen LogP contribution in [0.25, 0.3) is 0 Å². The summed E-state index contributed by atoms with van der Waals surface area (Å²) in [4.78, 5) is 27.4. The Morgan fingerprint density at radius 2 is 1.95 bits per heavy atom. The number of carbonyl (C=O) groups is 2. The molecule has 0 bridgehead atoms. The fourth-order valence-corrected chi connectivity index (χ4v) is 2.01. The predicted octanol–water partition coefficient (Wildman–Crippen LogP) is 2.59. The summed E-state index contributed by atoms with van der Waals surface area (Å²) in [7, 11) is 0. The molecular weight excluding hydrogens is 278 g/mol. The van der Waals surface area contributed by atoms with E-state index in [1.165, 1.54) is 6.92 Å². The number of carbonyl (C=O) groups excluding carboxylic acids is 2. The van der Waals surface area contributed by atoms with E-state index in [0.717, 1.165) is 16.8 Å². The standard InChI is InChI=1S/C17H19N3O2/c1-11-5-4-6-16(12(11)2)20-17(22)14-7-8-18-15(9-14)10-19-13(3)21/h4-9H,10H2,1-3H3,(H,19,21)(H,20,22). The summed E-state index contributed by atoms with van der Waals surface area (Å²) in [6.45, 7) is 5.72. The summed E-state index contributed by atoms with van der Waals surface area (Å²) in [5, 5.41) is 5.57. The quantitative estimate of drug-likeness (QED) is 0.911. The molecule has 1 aromatic carbocycles. The summed E-state index contributed by atoms with van der Waals surface area (Å²) in [6.07, 6.45) is 1.56. The Hall–Kier alpha value is -2.69. The Labute approximate surface area is 129 Å². The van der Waals surface area contributed by atoms with Gasteiger partial charge in [0.25, 0.3) is 5.91 Å². The number of amides is 2. The summed E-state index contributed by atoms with van der Waals surface area (Å²) in [5.41, 5.74) is 4.12. The number of benzene rings is 1. The maximum atomic E-state index is 12.3. The Bertz CT molecular complexity index is 711. The molecule has 2 aromatic rings. The molecule has 0 fully saturated rings. The molecule has 0 radical (unpaired) electrons. The van der Waals surface area contributed by atoms with Crippen LogP contribution in [0.1, 0.15) is 34.1 Å². The zero-order valence-corrected chi connectivity index (χ0v) is 12.9. The monoisotopic (exact) mass is 297 g/mol. The number of aromatic nitrogens is 1. The lowest BCUT2D eigenvalue weighted by Crippen LogP contribution is -2.20. The van der Waals surface area contributed by atoms with E-state index in [1.54, 1.807) is 18.3 Å². The van der Waals surface area contributed by atoms with Crippen LogP contribution in [0.5, 0.6) is 0 Å². The number of hydrogen-bond donors (Lipinski definition) is 2. The summed E-state index contributed by atoms with van der Waals surface area (Å²) in [6, 6.07) is 9.11. The molecular formula is C17H19N3O2. The van der Waals surface area contributed by atoms with Crippen molar-refractivity contribution in [3.8, 4) is 0 Å². The molecule has 0 aliphatic heterocycles. The molecule has 2 N–H and O–H groups in total. The third kappa shape index (κ3) is 3.91. The zero-order chi connectivity index (χ0) is 16.1. The van der Waals surface area contributed by atoms with E-state index < -0.39 is 0 Å². The minimum absolute atomic E-state index is 0.132. The summed E-state index contributed by atoms with van der Waals surface area (Å²) >= 11 is 0. The van der Waals surface area contributed by atoms with Gasteiger partial charge in [0.1, 0.15) is 0 Å². The zero-order valence-electron chi connectivity index (χ0n) is 12.9. The number of aryl methyl sites for hydroxylation is 1. The third-order valence-electron chi connectivity index (χ3n) is 3.45. The van der Waals surface area contributed by atoms with Gasteiger partial charge in [-0.2, -0.15) is 0 Å². The van der Waals surface area contributed by atoms with Crippen molar-refractivity contribution in [1.82, 2.24) is 10.3 Å². The lowest BCUT2D eigenvalue weighted by molar-refractivity contribution is -0.119. The molecule has 0 aliphatic rings. The van der Waals surface area contributed by atoms with Gasteiger partial charge in [-0.1, -0.05) is 12.1 Å². The molecule has 114 valence electrons. The van der Waals surface area contributed by atoms with Crippen LogP contribution >= 0.6 is 0 Å². The highest BCUT2D eigenvalue weighted by Gasteiger charge is 2.09. The predicted molar refractivity (Wildman–Crippen MR) is 85.6 cm³/mol. The van der Waals surface area contributed by atoms with E-state index in [0.29, 0.717) is 17.8 Å². The van der Waals surface area contributed by atoms with E-state index in [1.807, 2.05) is 32.0 Å². The first-order chi connectivity index (χ1) is 10.5. The molecule has 1 aromatic heterocycles. The first-order valence-corrected chi connectivity index (χ1v) is 7.04. The molecule has 5 heteroatoms. The third-order valence-corrected chi connectivity index (χ3v) is 3.45. The van der Waals surface area contributed by atoms with Crippen LogP contribution in [0.2, 0.25) is 0 Å². The topological polar surface area (TPSA) is 71.1 Å². The van der Waals surface area contributed by atoms with Gasteiger partial charge in [-0.15, -0.1) is 0 Å². The molecule has 2 rings (SSSR count). The van der Waals surface area contributed by atoms with E-state index in [-0.39, 0.29) is 11.8 Å². The fraction of sp³-hybridized carbons (Fsp3) is 0.235. The Morgan fingerprint density at radius 1 is 1.18 bits per heavy atom. The molecule has 0 saturated carbocycles. The number of nitrogens with zero attached hydrogens (tertiary/aromatic N) is 1. The molecule has 5 nitrogen and oxygen atoms in total. The summed E-state index contributed by atoms with van der Waals surface area (Å²) in [5.74, 6) is -0.327. The fourth-order valence-electron chi connectivity index (χ4n) is 2.01. The molecule has 0 atom stereocenters. The lowest BCUT2D eigenvalue weighted by atomic mass is 10.1. The van der Waals surface area contributed by atoms with Crippen molar-refractivity contribution in [3.63, 3.8) is 0 Å². The first kappa shape index (κ1) is 15.7. The molecule has 22 heavy (non-hydrogen) atoms. The van der Waals surface area contributed by atoms with Gasteiger partial charge in [0.05, 0.1) is 12.2 Å². The van der Waals surface area contributed by atoms with Gasteiger partial charge in [-0.3, -0.25) is 14.6 Å². The highest BCUT2D eigenvalue weighted by molar-refractivity contribution is 6.04. The second-order valence-electron chi connectivity index (χ2n) is 5.15. The van der Waals surface area contributed by atoms with Crippen molar-refractivity contribution in [3.05, 3.63) is 58.9 Å². The molecule has 0 unspecified atom stereocenters. The van der Waals surface area contributed by atoms with Gasteiger partial charge in [-0.05, 0) is 43.2 Å². The van der Waals surface area contributed by atoms with Crippen LogP contribution in [0.15, 0.2) is 36.5 Å². The minimum atomic E-state index is -0.194. The normalized spacial score (nSPS) is 10.1. The van der Waals surface area contributed by atoms with Gasteiger partial charge in [0.2, 0.25) is 5.91 Å². The molecule has 0 spiro atoms. The van der Waals surface area contributed by atoms with Crippen LogP contribution in [-0.2, 0) is 11.3 Å². The Balaban J connectivity index is 2.14. The van der Waals surface area contributed by atoms with Crippen LogP contribution < -0.4 is 10.6 Å². The minimum Gasteiger partial charge on any atom is -0.351 e. The maximum absolute atomic E-state index is 12.3. The highest BCUT2D eigenvalue weighted by atomic mass is 16.2. The Kier molecular flexibility index (Phi) is 4.88. The van der Waals surface area contributed by atoms with Gasteiger partial charge in [-0.25, -0.2) is 0 Å². The van der Waals surface area contributed by atoms with Crippen molar-refractivity contribution in [2.45, 2.75) is 27.3 Å². The average Bonchev–Trinajstić information content (AvgIpc) is 2.50. The largest absolute Gasteiger partial charge is 0.351 e.